The number of alkyl halides is 6. The van der Waals surface area contributed by atoms with Crippen LogP contribution < -0.4 is 51.6 Å². The minimum atomic E-state index is -4.73. The molecule has 0 saturated carbocycles. The molecule has 6 aromatic rings. The number of nitrogens with one attached hydrogen (secondary N) is 7. The summed E-state index contributed by atoms with van der Waals surface area (Å²) in [5.41, 5.74) is -0.165. The Bertz CT molecular complexity index is 3160. The quantitative estimate of drug-likeness (QED) is 0.0313. The smallest absolute Gasteiger partial charge is 0.421 e. The van der Waals surface area contributed by atoms with E-state index in [4.69, 9.17) is 9.47 Å². The van der Waals surface area contributed by atoms with Crippen molar-refractivity contribution in [3.63, 3.8) is 0 Å². The largest absolute Gasteiger partial charge is 0.479 e. The minimum absolute atomic E-state index is 0.102. The van der Waals surface area contributed by atoms with Crippen molar-refractivity contribution in [1.82, 2.24) is 39.7 Å². The van der Waals surface area contributed by atoms with Gasteiger partial charge in [-0.1, -0.05) is 32.2 Å². The number of rotatable bonds is 18. The second kappa shape index (κ2) is 25.7. The standard InChI is InChI=1S/C27H29F3N8O3.C25H27F3N8O2/c1-4-22(39)32-17-7-6-8-18(15-17)33-24-19(27(28,29)30)16-31-26(36-24)34-20-9-10-21(35-25(20)41-3)37-11-13-38(14-12-37)23(40)5-2;1-4-21(37)31-15-6-5-7-16(12-15)32-22-18(25(26,27)28)13-29-24(35-22)33-19-8-9-20(34-23(19)38-3)30-17-10-11-36(2)14-17/h4,6-10,15-16H,1,5,11-14H2,2-3H3,(H,32,39)(H2,31,33,34,36);4-9,12-13,17H,1,10-11,14H2,2-3H3,(H,30,34)(H,31,37)(H2,29,32,33,35). The van der Waals surface area contributed by atoms with Crippen LogP contribution in [0, 0.1) is 0 Å². The fourth-order valence-corrected chi connectivity index (χ4v) is 8.04. The van der Waals surface area contributed by atoms with Gasteiger partial charge in [-0.3, -0.25) is 14.4 Å². The molecule has 0 spiro atoms. The van der Waals surface area contributed by atoms with Gasteiger partial charge in [0.25, 0.3) is 0 Å². The van der Waals surface area contributed by atoms with Gasteiger partial charge in [0.05, 0.1) is 14.2 Å². The molecule has 8 rings (SSSR count). The number of nitrogens with zero attached hydrogens (tertiary/aromatic N) is 9. The summed E-state index contributed by atoms with van der Waals surface area (Å²) in [7, 11) is 4.92. The van der Waals surface area contributed by atoms with E-state index in [0.29, 0.717) is 79.4 Å². The lowest BCUT2D eigenvalue weighted by atomic mass is 10.2. The van der Waals surface area contributed by atoms with E-state index in [9.17, 15) is 40.7 Å². The number of hydrogen-bond acceptors (Lipinski definition) is 18. The zero-order chi connectivity index (χ0) is 56.9. The van der Waals surface area contributed by atoms with Crippen LogP contribution in [0.15, 0.2) is 111 Å². The van der Waals surface area contributed by atoms with Crippen LogP contribution in [0.3, 0.4) is 0 Å². The Labute approximate surface area is 450 Å². The maximum Gasteiger partial charge on any atom is 0.421 e. The van der Waals surface area contributed by atoms with Crippen LogP contribution >= 0.6 is 0 Å². The number of carbonyl (C=O) groups excluding carboxylic acids is 3. The topological polar surface area (TPSA) is 241 Å². The molecule has 2 saturated heterocycles. The van der Waals surface area contributed by atoms with Gasteiger partial charge in [0.1, 0.15) is 45.8 Å². The normalized spacial score (nSPS) is 14.4. The van der Waals surface area contributed by atoms with Crippen molar-refractivity contribution in [3.8, 4) is 11.8 Å². The first kappa shape index (κ1) is 57.4. The first-order valence-electron chi connectivity index (χ1n) is 24.4. The summed E-state index contributed by atoms with van der Waals surface area (Å²) in [5.74, 6) is -0.341. The molecule has 7 N–H and O–H groups in total. The Morgan fingerprint density at radius 2 is 1.15 bits per heavy atom. The average molecular weight is 1100 g/mol. The van der Waals surface area contributed by atoms with E-state index in [0.717, 1.165) is 31.7 Å². The molecular formula is C52H56F6N16O5. The lowest BCUT2D eigenvalue weighted by Gasteiger charge is -2.35. The first-order chi connectivity index (χ1) is 37.7. The van der Waals surface area contributed by atoms with E-state index >= 15 is 0 Å². The average Bonchev–Trinajstić information content (AvgIpc) is 3.86. The van der Waals surface area contributed by atoms with Crippen molar-refractivity contribution in [3.05, 3.63) is 122 Å². The van der Waals surface area contributed by atoms with Gasteiger partial charge in [0, 0.05) is 80.3 Å². The predicted octanol–water partition coefficient (Wildman–Crippen LogP) is 9.20. The van der Waals surface area contributed by atoms with E-state index in [1.807, 2.05) is 23.8 Å². The zero-order valence-electron chi connectivity index (χ0n) is 43.2. The molecule has 6 heterocycles. The molecular weight excluding hydrogens is 1040 g/mol. The summed E-state index contributed by atoms with van der Waals surface area (Å²) in [6.07, 6.45) is -4.48. The van der Waals surface area contributed by atoms with Crippen LogP contribution in [0.1, 0.15) is 30.9 Å². The molecule has 27 heteroatoms. The van der Waals surface area contributed by atoms with Crippen molar-refractivity contribution < 1.29 is 50.2 Å². The van der Waals surface area contributed by atoms with Crippen LogP contribution in [-0.2, 0) is 26.7 Å². The molecule has 2 fully saturated rings. The Kier molecular flexibility index (Phi) is 18.7. The summed E-state index contributed by atoms with van der Waals surface area (Å²) in [5, 5.41) is 19.6. The SMILES string of the molecule is C=CC(=O)Nc1cccc(Nc2nc(Nc3ccc(N4CCN(C(=O)CC)CC4)nc3OC)ncc2C(F)(F)F)c1.C=CC(=O)Nc1cccc(Nc2nc(Nc3ccc(NC4CCN(C)C4)nc3OC)ncc2C(F)(F)F)c1. The van der Waals surface area contributed by atoms with Gasteiger partial charge in [0.2, 0.25) is 41.4 Å². The number of anilines is 12. The molecule has 1 unspecified atom stereocenters. The van der Waals surface area contributed by atoms with Crippen LogP contribution in [0.4, 0.5) is 95.6 Å². The van der Waals surface area contributed by atoms with Crippen LogP contribution in [0.2, 0.25) is 0 Å². The second-order valence-electron chi connectivity index (χ2n) is 17.5. The molecule has 1 atom stereocenters. The molecule has 0 aliphatic carbocycles. The van der Waals surface area contributed by atoms with Gasteiger partial charge in [0.15, 0.2) is 0 Å². The van der Waals surface area contributed by atoms with Crippen molar-refractivity contribution in [2.45, 2.75) is 38.2 Å². The number of likely N-dealkylation sites (N-methyl/N-ethyl adjacent to an activating group) is 1. The number of ether oxygens (including phenoxy) is 2. The maximum atomic E-state index is 13.8. The predicted molar refractivity (Wildman–Crippen MR) is 288 cm³/mol. The highest BCUT2D eigenvalue weighted by molar-refractivity contribution is 5.99. The highest BCUT2D eigenvalue weighted by Crippen LogP contribution is 2.38. The van der Waals surface area contributed by atoms with Gasteiger partial charge in [-0.25, -0.2) is 9.97 Å². The minimum Gasteiger partial charge on any atom is -0.479 e. The number of hydrogen-bond donors (Lipinski definition) is 7. The molecule has 416 valence electrons. The lowest BCUT2D eigenvalue weighted by molar-refractivity contribution is -0.138. The van der Waals surface area contributed by atoms with Gasteiger partial charge in [-0.2, -0.15) is 46.3 Å². The van der Waals surface area contributed by atoms with Crippen molar-refractivity contribution >= 4 is 87.0 Å². The van der Waals surface area contributed by atoms with E-state index in [1.165, 1.54) is 32.4 Å². The Morgan fingerprint density at radius 1 is 0.658 bits per heavy atom. The fourth-order valence-electron chi connectivity index (χ4n) is 8.04. The number of aromatic nitrogens is 6. The van der Waals surface area contributed by atoms with E-state index in [1.54, 1.807) is 54.6 Å². The second-order valence-corrected chi connectivity index (χ2v) is 17.5. The highest BCUT2D eigenvalue weighted by Gasteiger charge is 2.37. The lowest BCUT2D eigenvalue weighted by Crippen LogP contribution is -2.48. The number of halogens is 6. The molecule has 0 radical (unpaired) electrons. The van der Waals surface area contributed by atoms with Crippen molar-refractivity contribution in [2.24, 2.45) is 0 Å². The number of methoxy groups -OCH3 is 2. The number of pyridine rings is 2. The third-order valence-electron chi connectivity index (χ3n) is 11.9. The van der Waals surface area contributed by atoms with E-state index in [-0.39, 0.29) is 47.0 Å². The third-order valence-corrected chi connectivity index (χ3v) is 11.9. The zero-order valence-corrected chi connectivity index (χ0v) is 43.2. The summed E-state index contributed by atoms with van der Waals surface area (Å²) in [4.78, 5) is 66.0. The number of carbonyl (C=O) groups is 3. The Balaban J connectivity index is 0.000000229. The summed E-state index contributed by atoms with van der Waals surface area (Å²) in [6.45, 7) is 12.8. The maximum absolute atomic E-state index is 13.8. The van der Waals surface area contributed by atoms with E-state index in [2.05, 4.69) is 85.2 Å². The van der Waals surface area contributed by atoms with Crippen LogP contribution in [0.25, 0.3) is 0 Å². The molecule has 2 aromatic carbocycles. The monoisotopic (exact) mass is 1100 g/mol. The van der Waals surface area contributed by atoms with Crippen LogP contribution in [0.5, 0.6) is 11.8 Å². The molecule has 79 heavy (non-hydrogen) atoms. The molecule has 2 aliphatic rings. The Morgan fingerprint density at radius 3 is 1.61 bits per heavy atom. The molecule has 21 nitrogen and oxygen atoms in total. The van der Waals surface area contributed by atoms with Gasteiger partial charge in [-0.05, 0) is 92.8 Å². The summed E-state index contributed by atoms with van der Waals surface area (Å²) < 4.78 is 93.3. The fraction of sp³-hybridized carbons (Fsp3) is 0.288. The first-order valence-corrected chi connectivity index (χ1v) is 24.4. The molecule has 3 amide bonds. The Hall–Kier alpha value is -9.27. The number of piperazine rings is 1. The van der Waals surface area contributed by atoms with E-state index < -0.39 is 46.9 Å². The third kappa shape index (κ3) is 15.7. The molecule has 2 aliphatic heterocycles. The van der Waals surface area contributed by atoms with Crippen LogP contribution in [-0.4, -0.2) is 124 Å². The molecule has 4 aromatic heterocycles. The number of likely N-dealkylation sites (tertiary alicyclic amines) is 1. The van der Waals surface area contributed by atoms with Gasteiger partial charge in [-0.15, -0.1) is 0 Å². The van der Waals surface area contributed by atoms with Gasteiger partial charge < -0.3 is 61.4 Å². The molecule has 0 bridgehead atoms. The number of amides is 3. The number of benzene rings is 2. The highest BCUT2D eigenvalue weighted by atomic mass is 19.4. The summed E-state index contributed by atoms with van der Waals surface area (Å²) >= 11 is 0. The summed E-state index contributed by atoms with van der Waals surface area (Å²) in [6, 6.07) is 19.4. The van der Waals surface area contributed by atoms with Gasteiger partial charge >= 0.3 is 12.4 Å². The van der Waals surface area contributed by atoms with Crippen molar-refractivity contribution in [1.29, 1.82) is 0 Å². The van der Waals surface area contributed by atoms with Crippen molar-refractivity contribution in [2.75, 3.05) is 103 Å².